The Morgan fingerprint density at radius 2 is 1.89 bits per heavy atom. The van der Waals surface area contributed by atoms with Crippen molar-refractivity contribution in [2.75, 3.05) is 20.3 Å². The van der Waals surface area contributed by atoms with E-state index >= 15 is 0 Å². The van der Waals surface area contributed by atoms with Gasteiger partial charge >= 0.3 is 5.97 Å². The number of carbonyl (C=O) groups excluding carboxylic acids is 2. The fraction of sp³-hybridized carbons (Fsp3) is 0.211. The van der Waals surface area contributed by atoms with Crippen LogP contribution in [0.1, 0.15) is 22.8 Å². The van der Waals surface area contributed by atoms with E-state index in [0.717, 1.165) is 4.47 Å². The molecule has 8 heteroatoms. The van der Waals surface area contributed by atoms with Crippen LogP contribution in [0.15, 0.2) is 52.0 Å². The maximum Gasteiger partial charge on any atom is 0.344 e. The van der Waals surface area contributed by atoms with E-state index in [1.54, 1.807) is 49.4 Å². The molecule has 0 aromatic heterocycles. The van der Waals surface area contributed by atoms with Gasteiger partial charge in [-0.05, 0) is 55.0 Å². The normalized spacial score (nSPS) is 10.5. The molecule has 0 aliphatic rings. The Hall–Kier alpha value is -2.87. The molecular weight excluding hydrogens is 416 g/mol. The van der Waals surface area contributed by atoms with Gasteiger partial charge in [0.15, 0.2) is 18.1 Å². The lowest BCUT2D eigenvalue weighted by molar-refractivity contribution is -0.145. The van der Waals surface area contributed by atoms with Gasteiger partial charge in [-0.1, -0.05) is 15.9 Å². The Bertz CT molecular complexity index is 821. The van der Waals surface area contributed by atoms with Crippen LogP contribution in [0.5, 0.6) is 11.5 Å². The third-order valence-corrected chi connectivity index (χ3v) is 3.85. The summed E-state index contributed by atoms with van der Waals surface area (Å²) < 4.78 is 16.4. The number of hydrogen-bond acceptors (Lipinski definition) is 6. The molecule has 0 spiro atoms. The first kappa shape index (κ1) is 20.4. The minimum absolute atomic E-state index is 0.231. The number of ether oxygens (including phenoxy) is 3. The molecule has 0 fully saturated rings. The van der Waals surface area contributed by atoms with Crippen molar-refractivity contribution >= 4 is 34.0 Å². The highest BCUT2D eigenvalue weighted by Crippen LogP contribution is 2.27. The number of halogens is 1. The molecule has 0 unspecified atom stereocenters. The quantitative estimate of drug-likeness (QED) is 0.391. The number of rotatable bonds is 8. The highest BCUT2D eigenvalue weighted by atomic mass is 79.9. The number of methoxy groups -OCH3 is 1. The third-order valence-electron chi connectivity index (χ3n) is 3.32. The Balaban J connectivity index is 2.01. The summed E-state index contributed by atoms with van der Waals surface area (Å²) in [5.74, 6) is 0.0375. The molecule has 0 aliphatic heterocycles. The topological polar surface area (TPSA) is 86.2 Å². The van der Waals surface area contributed by atoms with Crippen molar-refractivity contribution in [3.8, 4) is 11.5 Å². The molecule has 2 aromatic rings. The van der Waals surface area contributed by atoms with Crippen molar-refractivity contribution in [3.63, 3.8) is 0 Å². The molecule has 1 N–H and O–H groups in total. The smallest absolute Gasteiger partial charge is 0.344 e. The second kappa shape index (κ2) is 10.3. The van der Waals surface area contributed by atoms with Crippen LogP contribution in [0.25, 0.3) is 0 Å². The molecule has 142 valence electrons. The lowest BCUT2D eigenvalue weighted by atomic mass is 10.2. The Morgan fingerprint density at radius 1 is 1.15 bits per heavy atom. The maximum absolute atomic E-state index is 12.0. The van der Waals surface area contributed by atoms with E-state index in [0.29, 0.717) is 22.6 Å². The van der Waals surface area contributed by atoms with E-state index in [-0.39, 0.29) is 19.1 Å². The van der Waals surface area contributed by atoms with Crippen LogP contribution in [0.3, 0.4) is 0 Å². The Morgan fingerprint density at radius 3 is 2.56 bits per heavy atom. The standard InChI is InChI=1S/C19H19BrN2O5/c1-3-26-18(23)12-27-17-10-13(4-9-16(17)25-2)11-21-22-19(24)14-5-7-15(20)8-6-14/h4-11H,3,12H2,1-2H3,(H,22,24)/b21-11+. The summed E-state index contributed by atoms with van der Waals surface area (Å²) in [6, 6.07) is 12.0. The van der Waals surface area contributed by atoms with Gasteiger partial charge in [0.05, 0.1) is 19.9 Å². The first-order chi connectivity index (χ1) is 13.0. The highest BCUT2D eigenvalue weighted by Gasteiger charge is 2.09. The van der Waals surface area contributed by atoms with Crippen LogP contribution in [-0.4, -0.2) is 38.4 Å². The number of nitrogens with zero attached hydrogens (tertiary/aromatic N) is 1. The highest BCUT2D eigenvalue weighted by molar-refractivity contribution is 9.10. The molecule has 0 bridgehead atoms. The number of hydrogen-bond donors (Lipinski definition) is 1. The predicted octanol–water partition coefficient (Wildman–Crippen LogP) is 3.16. The maximum atomic E-state index is 12.0. The average Bonchev–Trinajstić information content (AvgIpc) is 2.67. The van der Waals surface area contributed by atoms with Crippen molar-refractivity contribution in [3.05, 3.63) is 58.1 Å². The average molecular weight is 435 g/mol. The second-order valence-corrected chi connectivity index (χ2v) is 6.13. The lowest BCUT2D eigenvalue weighted by Crippen LogP contribution is -2.17. The van der Waals surface area contributed by atoms with Crippen molar-refractivity contribution in [2.24, 2.45) is 5.10 Å². The second-order valence-electron chi connectivity index (χ2n) is 5.21. The molecule has 0 atom stereocenters. The van der Waals surface area contributed by atoms with Gasteiger partial charge in [-0.2, -0.15) is 5.10 Å². The van der Waals surface area contributed by atoms with Gasteiger partial charge in [-0.25, -0.2) is 10.2 Å². The van der Waals surface area contributed by atoms with Crippen LogP contribution in [0.2, 0.25) is 0 Å². The van der Waals surface area contributed by atoms with E-state index in [1.807, 2.05) is 0 Å². The summed E-state index contributed by atoms with van der Waals surface area (Å²) in [6.07, 6.45) is 1.47. The van der Waals surface area contributed by atoms with Gasteiger partial charge in [-0.3, -0.25) is 4.79 Å². The SMILES string of the molecule is CCOC(=O)COc1cc(/C=N/NC(=O)c2ccc(Br)cc2)ccc1OC. The summed E-state index contributed by atoms with van der Waals surface area (Å²) in [4.78, 5) is 23.5. The van der Waals surface area contributed by atoms with E-state index in [9.17, 15) is 9.59 Å². The molecule has 1 amide bonds. The van der Waals surface area contributed by atoms with Gasteiger partial charge in [0.25, 0.3) is 5.91 Å². The minimum atomic E-state index is -0.472. The fourth-order valence-electron chi connectivity index (χ4n) is 2.06. The molecule has 2 rings (SSSR count). The van der Waals surface area contributed by atoms with E-state index in [4.69, 9.17) is 14.2 Å². The molecule has 7 nitrogen and oxygen atoms in total. The molecule has 0 saturated heterocycles. The number of esters is 1. The lowest BCUT2D eigenvalue weighted by Gasteiger charge is -2.10. The van der Waals surface area contributed by atoms with Crippen LogP contribution in [0.4, 0.5) is 0 Å². The molecule has 27 heavy (non-hydrogen) atoms. The van der Waals surface area contributed by atoms with Crippen molar-refractivity contribution in [1.29, 1.82) is 0 Å². The van der Waals surface area contributed by atoms with Crippen LogP contribution in [-0.2, 0) is 9.53 Å². The monoisotopic (exact) mass is 434 g/mol. The summed E-state index contributed by atoms with van der Waals surface area (Å²) in [5.41, 5.74) is 3.60. The molecule has 0 heterocycles. The van der Waals surface area contributed by atoms with Crippen LogP contribution >= 0.6 is 15.9 Å². The number of benzene rings is 2. The van der Waals surface area contributed by atoms with Crippen LogP contribution in [0, 0.1) is 0 Å². The van der Waals surface area contributed by atoms with Gasteiger partial charge < -0.3 is 14.2 Å². The summed E-state index contributed by atoms with van der Waals surface area (Å²) in [6.45, 7) is 1.77. The van der Waals surface area contributed by atoms with Crippen LogP contribution < -0.4 is 14.9 Å². The minimum Gasteiger partial charge on any atom is -0.493 e. The Kier molecular flexibility index (Phi) is 7.81. The first-order valence-electron chi connectivity index (χ1n) is 8.09. The molecule has 2 aromatic carbocycles. The zero-order valence-corrected chi connectivity index (χ0v) is 16.5. The third kappa shape index (κ3) is 6.41. The van der Waals surface area contributed by atoms with Crippen molar-refractivity contribution in [1.82, 2.24) is 5.43 Å². The molecule has 0 aliphatic carbocycles. The summed E-state index contributed by atoms with van der Waals surface area (Å²) in [7, 11) is 1.50. The number of carbonyl (C=O) groups is 2. The summed E-state index contributed by atoms with van der Waals surface area (Å²) >= 11 is 3.31. The van der Waals surface area contributed by atoms with E-state index in [1.165, 1.54) is 13.3 Å². The first-order valence-corrected chi connectivity index (χ1v) is 8.88. The van der Waals surface area contributed by atoms with Gasteiger partial charge in [0, 0.05) is 10.0 Å². The zero-order chi connectivity index (χ0) is 19.6. The van der Waals surface area contributed by atoms with Crippen molar-refractivity contribution in [2.45, 2.75) is 6.92 Å². The molecule has 0 radical (unpaired) electrons. The molecule has 0 saturated carbocycles. The van der Waals surface area contributed by atoms with Gasteiger partial charge in [-0.15, -0.1) is 0 Å². The fourth-order valence-corrected chi connectivity index (χ4v) is 2.32. The van der Waals surface area contributed by atoms with E-state index < -0.39 is 5.97 Å². The molecular formula is C19H19BrN2O5. The predicted molar refractivity (Wildman–Crippen MR) is 104 cm³/mol. The van der Waals surface area contributed by atoms with Gasteiger partial charge in [0.1, 0.15) is 0 Å². The van der Waals surface area contributed by atoms with Gasteiger partial charge in [0.2, 0.25) is 0 Å². The van der Waals surface area contributed by atoms with E-state index in [2.05, 4.69) is 26.5 Å². The van der Waals surface area contributed by atoms with Crippen molar-refractivity contribution < 1.29 is 23.8 Å². The number of hydrazone groups is 1. The largest absolute Gasteiger partial charge is 0.493 e. The Labute approximate surface area is 165 Å². The summed E-state index contributed by atoms with van der Waals surface area (Å²) in [5, 5.41) is 3.94. The number of nitrogens with one attached hydrogen (secondary N) is 1. The number of amides is 1. The zero-order valence-electron chi connectivity index (χ0n) is 14.9.